The highest BCUT2D eigenvalue weighted by molar-refractivity contribution is 4.87. The van der Waals surface area contributed by atoms with E-state index in [0.717, 1.165) is 6.04 Å². The van der Waals surface area contributed by atoms with Crippen molar-refractivity contribution in [2.75, 3.05) is 6.54 Å². The lowest BCUT2D eigenvalue weighted by molar-refractivity contribution is 0.298. The van der Waals surface area contributed by atoms with Gasteiger partial charge in [0.1, 0.15) is 0 Å². The van der Waals surface area contributed by atoms with Gasteiger partial charge in [-0.1, -0.05) is 34.6 Å². The molecule has 1 N–H and O–H groups in total. The molecular formula is C13H27N. The molecule has 1 rings (SSSR count). The number of rotatable bonds is 4. The van der Waals surface area contributed by atoms with E-state index in [9.17, 15) is 0 Å². The van der Waals surface area contributed by atoms with Gasteiger partial charge in [0.2, 0.25) is 0 Å². The highest BCUT2D eigenvalue weighted by atomic mass is 14.9. The molecule has 1 fully saturated rings. The molecule has 1 saturated carbocycles. The maximum atomic E-state index is 3.73. The van der Waals surface area contributed by atoms with Crippen molar-refractivity contribution in [3.63, 3.8) is 0 Å². The normalized spacial score (nSPS) is 26.8. The summed E-state index contributed by atoms with van der Waals surface area (Å²) in [5, 5.41) is 3.73. The molecule has 1 aliphatic rings. The molecule has 1 nitrogen and oxygen atoms in total. The number of hydrogen-bond donors (Lipinski definition) is 1. The van der Waals surface area contributed by atoms with E-state index >= 15 is 0 Å². The monoisotopic (exact) mass is 197 g/mol. The third-order valence-corrected chi connectivity index (χ3v) is 3.79. The molecule has 84 valence electrons. The minimum Gasteiger partial charge on any atom is -0.313 e. The quantitative estimate of drug-likeness (QED) is 0.726. The zero-order chi connectivity index (χ0) is 10.8. The van der Waals surface area contributed by atoms with Gasteiger partial charge in [-0.25, -0.2) is 0 Å². The summed E-state index contributed by atoms with van der Waals surface area (Å²) in [4.78, 5) is 0. The fraction of sp³-hybridized carbons (Fsp3) is 1.00. The summed E-state index contributed by atoms with van der Waals surface area (Å²) in [6.45, 7) is 12.9. The van der Waals surface area contributed by atoms with Crippen LogP contribution in [0, 0.1) is 10.8 Å². The van der Waals surface area contributed by atoms with E-state index in [2.05, 4.69) is 39.9 Å². The Balaban J connectivity index is 2.27. The summed E-state index contributed by atoms with van der Waals surface area (Å²) in [5.74, 6) is 0. The first-order valence-corrected chi connectivity index (χ1v) is 6.08. The Morgan fingerprint density at radius 3 is 2.43 bits per heavy atom. The molecule has 0 spiro atoms. The predicted molar refractivity (Wildman–Crippen MR) is 63.5 cm³/mol. The van der Waals surface area contributed by atoms with Crippen LogP contribution in [0.3, 0.4) is 0 Å². The molecule has 1 aliphatic carbocycles. The fourth-order valence-corrected chi connectivity index (χ4v) is 2.16. The molecule has 0 amide bonds. The Bertz CT molecular complexity index is 182. The van der Waals surface area contributed by atoms with Crippen LogP contribution in [-0.4, -0.2) is 12.6 Å². The molecule has 1 unspecified atom stereocenters. The summed E-state index contributed by atoms with van der Waals surface area (Å²) < 4.78 is 0. The SMILES string of the molecule is CCC(C)(C)CNC1CCC(C)(C)C1. The van der Waals surface area contributed by atoms with Crippen LogP contribution >= 0.6 is 0 Å². The van der Waals surface area contributed by atoms with Crippen molar-refractivity contribution in [2.24, 2.45) is 10.8 Å². The van der Waals surface area contributed by atoms with Crippen LogP contribution in [0.5, 0.6) is 0 Å². The largest absolute Gasteiger partial charge is 0.313 e. The molecule has 0 aromatic carbocycles. The van der Waals surface area contributed by atoms with Crippen LogP contribution in [0.25, 0.3) is 0 Å². The molecule has 0 saturated heterocycles. The molecule has 0 radical (unpaired) electrons. The van der Waals surface area contributed by atoms with Crippen molar-refractivity contribution in [3.05, 3.63) is 0 Å². The Kier molecular flexibility index (Phi) is 3.63. The molecule has 0 bridgehead atoms. The van der Waals surface area contributed by atoms with E-state index in [1.54, 1.807) is 0 Å². The minimum atomic E-state index is 0.465. The van der Waals surface area contributed by atoms with Gasteiger partial charge >= 0.3 is 0 Å². The number of nitrogens with one attached hydrogen (secondary N) is 1. The van der Waals surface area contributed by atoms with Crippen molar-refractivity contribution >= 4 is 0 Å². The van der Waals surface area contributed by atoms with E-state index in [-0.39, 0.29) is 0 Å². The van der Waals surface area contributed by atoms with Gasteiger partial charge in [0.15, 0.2) is 0 Å². The van der Waals surface area contributed by atoms with Crippen LogP contribution in [0.15, 0.2) is 0 Å². The molecule has 1 heteroatoms. The van der Waals surface area contributed by atoms with E-state index in [0.29, 0.717) is 10.8 Å². The Morgan fingerprint density at radius 1 is 1.36 bits per heavy atom. The van der Waals surface area contributed by atoms with E-state index in [1.165, 1.54) is 32.2 Å². The first-order valence-electron chi connectivity index (χ1n) is 6.08. The zero-order valence-electron chi connectivity index (χ0n) is 10.6. The maximum absolute atomic E-state index is 3.73. The summed E-state index contributed by atoms with van der Waals surface area (Å²) in [5.41, 5.74) is 1.04. The third kappa shape index (κ3) is 3.61. The van der Waals surface area contributed by atoms with Crippen molar-refractivity contribution < 1.29 is 0 Å². The van der Waals surface area contributed by atoms with Gasteiger partial charge in [0, 0.05) is 12.6 Å². The summed E-state index contributed by atoms with van der Waals surface area (Å²) >= 11 is 0. The minimum absolute atomic E-state index is 0.465. The molecule has 0 aromatic rings. The van der Waals surface area contributed by atoms with E-state index in [4.69, 9.17) is 0 Å². The van der Waals surface area contributed by atoms with Crippen molar-refractivity contribution in [2.45, 2.75) is 66.3 Å². The van der Waals surface area contributed by atoms with Crippen molar-refractivity contribution in [1.29, 1.82) is 0 Å². The lowest BCUT2D eigenvalue weighted by Crippen LogP contribution is -2.35. The average Bonchev–Trinajstić information content (AvgIpc) is 2.43. The highest BCUT2D eigenvalue weighted by Crippen LogP contribution is 2.37. The molecular weight excluding hydrogens is 170 g/mol. The van der Waals surface area contributed by atoms with Crippen LogP contribution in [0.1, 0.15) is 60.3 Å². The van der Waals surface area contributed by atoms with Gasteiger partial charge in [0.25, 0.3) is 0 Å². The Labute approximate surface area is 89.7 Å². The zero-order valence-corrected chi connectivity index (χ0v) is 10.6. The van der Waals surface area contributed by atoms with Crippen LogP contribution in [0.4, 0.5) is 0 Å². The molecule has 14 heavy (non-hydrogen) atoms. The van der Waals surface area contributed by atoms with Crippen LogP contribution in [0.2, 0.25) is 0 Å². The lowest BCUT2D eigenvalue weighted by atomic mass is 9.89. The van der Waals surface area contributed by atoms with E-state index < -0.39 is 0 Å². The smallest absolute Gasteiger partial charge is 0.00725 e. The molecule has 0 aliphatic heterocycles. The van der Waals surface area contributed by atoms with Crippen LogP contribution < -0.4 is 5.32 Å². The topological polar surface area (TPSA) is 12.0 Å². The van der Waals surface area contributed by atoms with Gasteiger partial charge in [-0.2, -0.15) is 0 Å². The highest BCUT2D eigenvalue weighted by Gasteiger charge is 2.31. The fourth-order valence-electron chi connectivity index (χ4n) is 2.16. The first kappa shape index (κ1) is 12.0. The second-order valence-corrected chi connectivity index (χ2v) is 6.50. The van der Waals surface area contributed by atoms with Crippen LogP contribution in [-0.2, 0) is 0 Å². The Hall–Kier alpha value is -0.0400. The first-order chi connectivity index (χ1) is 6.35. The second-order valence-electron chi connectivity index (χ2n) is 6.50. The number of hydrogen-bond acceptors (Lipinski definition) is 1. The third-order valence-electron chi connectivity index (χ3n) is 3.79. The molecule has 0 heterocycles. The Morgan fingerprint density at radius 2 is 2.00 bits per heavy atom. The second kappa shape index (κ2) is 4.22. The van der Waals surface area contributed by atoms with Crippen molar-refractivity contribution in [1.82, 2.24) is 5.32 Å². The predicted octanol–water partition coefficient (Wildman–Crippen LogP) is 3.59. The van der Waals surface area contributed by atoms with Gasteiger partial charge in [-0.15, -0.1) is 0 Å². The van der Waals surface area contributed by atoms with Gasteiger partial charge < -0.3 is 5.32 Å². The molecule has 0 aromatic heterocycles. The van der Waals surface area contributed by atoms with Gasteiger partial charge in [-0.05, 0) is 36.5 Å². The standard InChI is InChI=1S/C13H27N/c1-6-12(2,3)10-14-11-7-8-13(4,5)9-11/h11,14H,6-10H2,1-5H3. The lowest BCUT2D eigenvalue weighted by Gasteiger charge is -2.26. The summed E-state index contributed by atoms with van der Waals surface area (Å²) in [6, 6.07) is 0.774. The van der Waals surface area contributed by atoms with Gasteiger partial charge in [0.05, 0.1) is 0 Å². The van der Waals surface area contributed by atoms with E-state index in [1.807, 2.05) is 0 Å². The van der Waals surface area contributed by atoms with Gasteiger partial charge in [-0.3, -0.25) is 0 Å². The average molecular weight is 197 g/mol. The van der Waals surface area contributed by atoms with Crippen molar-refractivity contribution in [3.8, 4) is 0 Å². The maximum Gasteiger partial charge on any atom is 0.00725 e. The molecule has 1 atom stereocenters. The summed E-state index contributed by atoms with van der Waals surface area (Å²) in [6.07, 6.45) is 5.37. The summed E-state index contributed by atoms with van der Waals surface area (Å²) in [7, 11) is 0.